The van der Waals surface area contributed by atoms with Crippen molar-refractivity contribution in [3.63, 3.8) is 0 Å². The highest BCUT2D eigenvalue weighted by atomic mass is 35.5. The lowest BCUT2D eigenvalue weighted by Crippen LogP contribution is -2.40. The maximum Gasteiger partial charge on any atom is 0.173 e. The molecule has 0 amide bonds. The average molecular weight is 432 g/mol. The van der Waals surface area contributed by atoms with E-state index >= 15 is 0 Å². The second kappa shape index (κ2) is 10.9. The molecule has 0 aromatic heterocycles. The van der Waals surface area contributed by atoms with E-state index in [0.29, 0.717) is 10.1 Å². The zero-order chi connectivity index (χ0) is 20.6. The second-order valence-corrected chi connectivity index (χ2v) is 8.37. The monoisotopic (exact) mass is 431 g/mol. The van der Waals surface area contributed by atoms with E-state index < -0.39 is 0 Å². The molecule has 6 heteroatoms. The highest BCUT2D eigenvalue weighted by Crippen LogP contribution is 2.26. The number of nitrogens with zero attached hydrogens (tertiary/aromatic N) is 2. The normalized spacial score (nSPS) is 14.6. The molecule has 1 saturated heterocycles. The minimum absolute atomic E-state index is 0.691. The van der Waals surface area contributed by atoms with Gasteiger partial charge in [0, 0.05) is 32.7 Å². The summed E-state index contributed by atoms with van der Waals surface area (Å²) < 4.78 is 5.45. The molecule has 0 bridgehead atoms. The van der Waals surface area contributed by atoms with Gasteiger partial charge in [0.2, 0.25) is 0 Å². The summed E-state index contributed by atoms with van der Waals surface area (Å²) in [5.74, 6) is 0. The lowest BCUT2D eigenvalue weighted by atomic mass is 10.1. The van der Waals surface area contributed by atoms with Gasteiger partial charge in [-0.15, -0.1) is 0 Å². The van der Waals surface area contributed by atoms with Crippen LogP contribution in [0.15, 0.2) is 42.5 Å². The fourth-order valence-electron chi connectivity index (χ4n) is 3.45. The molecule has 0 radical (unpaired) electrons. The zero-order valence-corrected chi connectivity index (χ0v) is 18.9. The fourth-order valence-corrected chi connectivity index (χ4v) is 3.98. The van der Waals surface area contributed by atoms with E-state index in [9.17, 15) is 0 Å². The molecule has 1 aliphatic rings. The molecule has 1 N–H and O–H groups in total. The van der Waals surface area contributed by atoms with Crippen molar-refractivity contribution in [1.29, 1.82) is 0 Å². The quantitative estimate of drug-likeness (QED) is 0.631. The first kappa shape index (κ1) is 22.0. The van der Waals surface area contributed by atoms with E-state index in [0.717, 1.165) is 63.6 Å². The number of morpholine rings is 1. The van der Waals surface area contributed by atoms with Crippen molar-refractivity contribution in [1.82, 2.24) is 9.80 Å². The van der Waals surface area contributed by atoms with Crippen LogP contribution in [-0.2, 0) is 11.3 Å². The second-order valence-electron chi connectivity index (χ2n) is 7.58. The first-order valence-corrected chi connectivity index (χ1v) is 11.0. The molecule has 1 heterocycles. The molecular formula is C23H30ClN3OS. The van der Waals surface area contributed by atoms with Gasteiger partial charge < -0.3 is 15.0 Å². The van der Waals surface area contributed by atoms with Gasteiger partial charge in [0.05, 0.1) is 23.9 Å². The van der Waals surface area contributed by atoms with Gasteiger partial charge in [-0.1, -0.05) is 53.6 Å². The Morgan fingerprint density at radius 2 is 1.86 bits per heavy atom. The molecule has 0 spiro atoms. The predicted octanol–water partition coefficient (Wildman–Crippen LogP) is 4.88. The smallest absolute Gasteiger partial charge is 0.173 e. The van der Waals surface area contributed by atoms with Crippen LogP contribution in [0.1, 0.15) is 23.1 Å². The average Bonchev–Trinajstić information content (AvgIpc) is 2.72. The highest BCUT2D eigenvalue weighted by molar-refractivity contribution is 7.80. The number of anilines is 1. The first-order chi connectivity index (χ1) is 14.0. The fraction of sp³-hybridized carbons (Fsp3) is 0.435. The Morgan fingerprint density at radius 1 is 1.14 bits per heavy atom. The highest BCUT2D eigenvalue weighted by Gasteiger charge is 2.15. The van der Waals surface area contributed by atoms with Gasteiger partial charge in [-0.3, -0.25) is 4.90 Å². The van der Waals surface area contributed by atoms with Crippen LogP contribution in [-0.4, -0.2) is 54.3 Å². The molecule has 3 rings (SSSR count). The first-order valence-electron chi connectivity index (χ1n) is 10.2. The lowest BCUT2D eigenvalue weighted by molar-refractivity contribution is 0.0368. The van der Waals surface area contributed by atoms with Gasteiger partial charge in [-0.2, -0.15) is 0 Å². The standard InChI is InChI=1S/C23H30ClN3OS/c1-18-7-9-20(10-8-18)17-27(12-4-11-26-13-15-28-16-14-26)23(29)25-22-19(2)5-3-6-21(22)24/h3,5-10H,4,11-17H2,1-2H3,(H,25,29). The van der Waals surface area contributed by atoms with Crippen LogP contribution in [0.5, 0.6) is 0 Å². The summed E-state index contributed by atoms with van der Waals surface area (Å²) >= 11 is 12.2. The number of thiocarbonyl (C=S) groups is 1. The summed E-state index contributed by atoms with van der Waals surface area (Å²) in [6.45, 7) is 10.6. The predicted molar refractivity (Wildman–Crippen MR) is 126 cm³/mol. The van der Waals surface area contributed by atoms with Gasteiger partial charge in [0.15, 0.2) is 5.11 Å². The molecule has 0 atom stereocenters. The number of hydrogen-bond acceptors (Lipinski definition) is 3. The van der Waals surface area contributed by atoms with E-state index in [4.69, 9.17) is 28.6 Å². The van der Waals surface area contributed by atoms with Crippen LogP contribution in [0.4, 0.5) is 5.69 Å². The number of aryl methyl sites for hydroxylation is 2. The summed E-state index contributed by atoms with van der Waals surface area (Å²) in [5.41, 5.74) is 4.49. The summed E-state index contributed by atoms with van der Waals surface area (Å²) in [7, 11) is 0. The molecule has 4 nitrogen and oxygen atoms in total. The van der Waals surface area contributed by atoms with Gasteiger partial charge in [-0.25, -0.2) is 0 Å². The van der Waals surface area contributed by atoms with E-state index in [2.05, 4.69) is 46.3 Å². The van der Waals surface area contributed by atoms with Crippen LogP contribution in [0.3, 0.4) is 0 Å². The largest absolute Gasteiger partial charge is 0.379 e. The summed E-state index contributed by atoms with van der Waals surface area (Å²) in [6, 6.07) is 14.5. The van der Waals surface area contributed by atoms with Crippen molar-refractivity contribution in [3.8, 4) is 0 Å². The Bertz CT molecular complexity index is 786. The number of halogens is 1. The topological polar surface area (TPSA) is 27.7 Å². The summed E-state index contributed by atoms with van der Waals surface area (Å²) in [5, 5.41) is 4.79. The Kier molecular flexibility index (Phi) is 8.30. The van der Waals surface area contributed by atoms with Crippen LogP contribution in [0, 0.1) is 13.8 Å². The van der Waals surface area contributed by atoms with Crippen LogP contribution < -0.4 is 5.32 Å². The summed E-state index contributed by atoms with van der Waals surface area (Å²) in [6.07, 6.45) is 1.05. The van der Waals surface area contributed by atoms with E-state index in [1.165, 1.54) is 11.1 Å². The summed E-state index contributed by atoms with van der Waals surface area (Å²) in [4.78, 5) is 4.70. The Morgan fingerprint density at radius 3 is 2.55 bits per heavy atom. The number of rotatable bonds is 7. The van der Waals surface area contributed by atoms with Gasteiger partial charge in [0.25, 0.3) is 0 Å². The maximum atomic E-state index is 6.40. The van der Waals surface area contributed by atoms with Gasteiger partial charge in [0.1, 0.15) is 0 Å². The molecule has 156 valence electrons. The number of para-hydroxylation sites is 1. The van der Waals surface area contributed by atoms with Crippen molar-refractivity contribution in [2.24, 2.45) is 0 Å². The van der Waals surface area contributed by atoms with Crippen molar-refractivity contribution >= 4 is 34.6 Å². The molecule has 0 unspecified atom stereocenters. The zero-order valence-electron chi connectivity index (χ0n) is 17.3. The SMILES string of the molecule is Cc1ccc(CN(CCCN2CCOCC2)C(=S)Nc2c(C)cccc2Cl)cc1. The Labute approximate surface area is 184 Å². The molecule has 29 heavy (non-hydrogen) atoms. The minimum Gasteiger partial charge on any atom is -0.379 e. The third-order valence-electron chi connectivity index (χ3n) is 5.24. The van der Waals surface area contributed by atoms with Gasteiger partial charge in [-0.05, 0) is 49.7 Å². The number of ether oxygens (including phenoxy) is 1. The van der Waals surface area contributed by atoms with Gasteiger partial charge >= 0.3 is 0 Å². The van der Waals surface area contributed by atoms with E-state index in [-0.39, 0.29) is 0 Å². The Balaban J connectivity index is 1.66. The van der Waals surface area contributed by atoms with Crippen LogP contribution in [0.25, 0.3) is 0 Å². The third kappa shape index (κ3) is 6.68. The molecule has 1 fully saturated rings. The van der Waals surface area contributed by atoms with E-state index in [1.54, 1.807) is 0 Å². The van der Waals surface area contributed by atoms with Crippen LogP contribution in [0.2, 0.25) is 5.02 Å². The van der Waals surface area contributed by atoms with Crippen LogP contribution >= 0.6 is 23.8 Å². The van der Waals surface area contributed by atoms with E-state index in [1.807, 2.05) is 25.1 Å². The third-order valence-corrected chi connectivity index (χ3v) is 5.92. The number of hydrogen-bond donors (Lipinski definition) is 1. The molecular weight excluding hydrogens is 402 g/mol. The molecule has 2 aromatic carbocycles. The minimum atomic E-state index is 0.691. The van der Waals surface area contributed by atoms with Crippen molar-refractivity contribution in [3.05, 3.63) is 64.2 Å². The maximum absolute atomic E-state index is 6.40. The molecule has 2 aromatic rings. The van der Waals surface area contributed by atoms with Crippen molar-refractivity contribution in [2.45, 2.75) is 26.8 Å². The molecule has 0 saturated carbocycles. The van der Waals surface area contributed by atoms with Crippen molar-refractivity contribution < 1.29 is 4.74 Å². The lowest BCUT2D eigenvalue weighted by Gasteiger charge is -2.30. The Hall–Kier alpha value is -1.66. The molecule has 0 aliphatic carbocycles. The number of nitrogens with one attached hydrogen (secondary N) is 1. The molecule has 1 aliphatic heterocycles. The van der Waals surface area contributed by atoms with Crippen molar-refractivity contribution in [2.75, 3.05) is 44.7 Å². The number of benzene rings is 2.